The number of thioether (sulfide) groups is 1. The van der Waals surface area contributed by atoms with Crippen molar-refractivity contribution in [2.45, 2.75) is 51.9 Å². The largest absolute Gasteiger partial charge is 0.355 e. The van der Waals surface area contributed by atoms with Crippen LogP contribution in [0.4, 0.5) is 0 Å². The van der Waals surface area contributed by atoms with Gasteiger partial charge in [-0.25, -0.2) is 4.98 Å². The number of nitrogens with one attached hydrogen (secondary N) is 1. The number of halogens is 1. The Morgan fingerprint density at radius 1 is 1.23 bits per heavy atom. The summed E-state index contributed by atoms with van der Waals surface area (Å²) in [4.78, 5) is 29.8. The van der Waals surface area contributed by atoms with Crippen LogP contribution < -0.4 is 10.9 Å². The molecule has 0 bridgehead atoms. The first kappa shape index (κ1) is 22.4. The second-order valence-electron chi connectivity index (χ2n) is 7.07. The second-order valence-corrected chi connectivity index (χ2v) is 8.39. The highest BCUT2D eigenvalue weighted by atomic mass is 35.5. The van der Waals surface area contributed by atoms with Crippen molar-refractivity contribution in [1.29, 1.82) is 0 Å². The molecule has 7 nitrogen and oxygen atoms in total. The van der Waals surface area contributed by atoms with Crippen LogP contribution in [0.2, 0.25) is 5.02 Å². The molecule has 0 fully saturated rings. The summed E-state index contributed by atoms with van der Waals surface area (Å²) in [6.45, 7) is 7.57. The number of rotatable bonds is 9. The number of para-hydroxylation sites is 1. The molecule has 0 saturated heterocycles. The number of carbonyl (C=O) groups is 1. The van der Waals surface area contributed by atoms with E-state index in [4.69, 9.17) is 11.6 Å². The van der Waals surface area contributed by atoms with E-state index in [9.17, 15) is 9.59 Å². The molecule has 0 aliphatic rings. The van der Waals surface area contributed by atoms with Gasteiger partial charge in [0.2, 0.25) is 5.91 Å². The average molecular weight is 448 g/mol. The number of hydrogen-bond acceptors (Lipinski definition) is 5. The van der Waals surface area contributed by atoms with Crippen LogP contribution in [0.25, 0.3) is 10.9 Å². The van der Waals surface area contributed by atoms with Crippen molar-refractivity contribution in [1.82, 2.24) is 24.6 Å². The maximum absolute atomic E-state index is 13.1. The molecule has 3 rings (SSSR count). The van der Waals surface area contributed by atoms with Gasteiger partial charge in [0.05, 0.1) is 33.1 Å². The van der Waals surface area contributed by atoms with E-state index in [1.165, 1.54) is 11.8 Å². The lowest BCUT2D eigenvalue weighted by molar-refractivity contribution is -0.118. The zero-order valence-corrected chi connectivity index (χ0v) is 19.0. The van der Waals surface area contributed by atoms with Crippen molar-refractivity contribution < 1.29 is 4.79 Å². The Balaban J connectivity index is 1.81. The number of hydrogen-bond donors (Lipinski definition) is 1. The minimum absolute atomic E-state index is 0.0620. The first-order chi connectivity index (χ1) is 14.4. The van der Waals surface area contributed by atoms with E-state index in [1.54, 1.807) is 10.6 Å². The molecule has 0 aliphatic heterocycles. The smallest absolute Gasteiger partial charge is 0.262 e. The number of amides is 1. The second kappa shape index (κ2) is 10.1. The van der Waals surface area contributed by atoms with Gasteiger partial charge in [0.1, 0.15) is 0 Å². The monoisotopic (exact) mass is 447 g/mol. The molecule has 160 valence electrons. The Bertz CT molecular complexity index is 1110. The fourth-order valence-electron chi connectivity index (χ4n) is 3.17. The molecule has 1 amide bonds. The van der Waals surface area contributed by atoms with Crippen LogP contribution in [0.3, 0.4) is 0 Å². The van der Waals surface area contributed by atoms with Crippen molar-refractivity contribution in [3.63, 3.8) is 0 Å². The van der Waals surface area contributed by atoms with Gasteiger partial charge in [-0.15, -0.1) is 0 Å². The molecule has 3 aromatic rings. The highest BCUT2D eigenvalue weighted by Gasteiger charge is 2.14. The molecule has 0 spiro atoms. The molecule has 1 N–H and O–H groups in total. The Morgan fingerprint density at radius 2 is 2.00 bits per heavy atom. The van der Waals surface area contributed by atoms with Gasteiger partial charge in [-0.2, -0.15) is 5.10 Å². The minimum atomic E-state index is -0.0940. The van der Waals surface area contributed by atoms with Gasteiger partial charge in [-0.05, 0) is 38.8 Å². The highest BCUT2D eigenvalue weighted by Crippen LogP contribution is 2.20. The zero-order chi connectivity index (χ0) is 21.7. The van der Waals surface area contributed by atoms with Gasteiger partial charge in [-0.3, -0.25) is 18.8 Å². The molecular weight excluding hydrogens is 422 g/mol. The lowest BCUT2D eigenvalue weighted by Gasteiger charge is -2.13. The van der Waals surface area contributed by atoms with Crippen molar-refractivity contribution in [2.75, 3.05) is 12.3 Å². The Kier molecular flexibility index (Phi) is 7.55. The summed E-state index contributed by atoms with van der Waals surface area (Å²) in [5.41, 5.74) is 2.26. The summed E-state index contributed by atoms with van der Waals surface area (Å²) >= 11 is 7.51. The van der Waals surface area contributed by atoms with E-state index < -0.39 is 0 Å². The molecular formula is C21H26ClN5O2S. The first-order valence-corrected chi connectivity index (χ1v) is 11.4. The fourth-order valence-corrected chi connectivity index (χ4v) is 4.16. The van der Waals surface area contributed by atoms with Crippen molar-refractivity contribution >= 4 is 40.2 Å². The van der Waals surface area contributed by atoms with Crippen LogP contribution in [-0.4, -0.2) is 37.5 Å². The third-order valence-electron chi connectivity index (χ3n) is 4.78. The lowest BCUT2D eigenvalue weighted by Crippen LogP contribution is -2.27. The SMILES string of the molecule is CCCNC(=O)CSc1nc2ccccc2c(=O)n1CCCn1nc(C)c(Cl)c1C. The normalized spacial score (nSPS) is 11.2. The molecule has 0 radical (unpaired) electrons. The summed E-state index contributed by atoms with van der Waals surface area (Å²) in [5.74, 6) is 0.158. The van der Waals surface area contributed by atoms with Gasteiger partial charge in [0, 0.05) is 19.6 Å². The molecule has 0 atom stereocenters. The molecule has 2 heterocycles. The Hall–Kier alpha value is -2.32. The summed E-state index contributed by atoms with van der Waals surface area (Å²) < 4.78 is 3.52. The fraction of sp³-hybridized carbons (Fsp3) is 0.429. The van der Waals surface area contributed by atoms with E-state index in [1.807, 2.05) is 43.7 Å². The van der Waals surface area contributed by atoms with Crippen LogP contribution in [-0.2, 0) is 17.9 Å². The maximum Gasteiger partial charge on any atom is 0.262 e. The van der Waals surface area contributed by atoms with E-state index in [-0.39, 0.29) is 17.2 Å². The molecule has 0 aliphatic carbocycles. The number of nitrogens with zero attached hydrogens (tertiary/aromatic N) is 4. The topological polar surface area (TPSA) is 81.8 Å². The van der Waals surface area contributed by atoms with E-state index >= 15 is 0 Å². The van der Waals surface area contributed by atoms with Gasteiger partial charge < -0.3 is 5.32 Å². The van der Waals surface area contributed by atoms with Crippen molar-refractivity contribution in [2.24, 2.45) is 0 Å². The van der Waals surface area contributed by atoms with Crippen LogP contribution in [0.15, 0.2) is 34.2 Å². The zero-order valence-electron chi connectivity index (χ0n) is 17.4. The summed E-state index contributed by atoms with van der Waals surface area (Å²) in [6, 6.07) is 7.29. The number of benzene rings is 1. The Morgan fingerprint density at radius 3 is 2.70 bits per heavy atom. The molecule has 0 unspecified atom stereocenters. The van der Waals surface area contributed by atoms with Crippen molar-refractivity contribution in [3.8, 4) is 0 Å². The van der Waals surface area contributed by atoms with E-state index in [0.717, 1.165) is 17.8 Å². The lowest BCUT2D eigenvalue weighted by atomic mass is 10.2. The van der Waals surface area contributed by atoms with Gasteiger partial charge >= 0.3 is 0 Å². The molecule has 1 aromatic carbocycles. The molecule has 2 aromatic heterocycles. The summed E-state index contributed by atoms with van der Waals surface area (Å²) in [5, 5.41) is 9.10. The highest BCUT2D eigenvalue weighted by molar-refractivity contribution is 7.99. The number of fused-ring (bicyclic) bond motifs is 1. The molecule has 0 saturated carbocycles. The van der Waals surface area contributed by atoms with Crippen LogP contribution >= 0.6 is 23.4 Å². The third kappa shape index (κ3) is 5.05. The molecule has 30 heavy (non-hydrogen) atoms. The summed E-state index contributed by atoms with van der Waals surface area (Å²) in [6.07, 6.45) is 1.57. The Labute approximate surface area is 184 Å². The van der Waals surface area contributed by atoms with Crippen LogP contribution in [0.1, 0.15) is 31.2 Å². The van der Waals surface area contributed by atoms with Crippen LogP contribution in [0, 0.1) is 13.8 Å². The maximum atomic E-state index is 13.1. The van der Waals surface area contributed by atoms with E-state index in [0.29, 0.717) is 47.1 Å². The predicted octanol–water partition coefficient (Wildman–Crippen LogP) is 3.57. The molecule has 9 heteroatoms. The average Bonchev–Trinajstić information content (AvgIpc) is 2.99. The standard InChI is InChI=1S/C21H26ClN5O2S/c1-4-10-23-18(28)13-30-21-24-17-9-6-5-8-16(17)20(29)26(21)11-7-12-27-15(3)19(22)14(2)25-27/h5-6,8-9H,4,7,10-13H2,1-3H3,(H,23,28). The third-order valence-corrected chi connectivity index (χ3v) is 6.30. The minimum Gasteiger partial charge on any atom is -0.355 e. The summed E-state index contributed by atoms with van der Waals surface area (Å²) in [7, 11) is 0. The van der Waals surface area contributed by atoms with Crippen LogP contribution in [0.5, 0.6) is 0 Å². The number of carbonyl (C=O) groups excluding carboxylic acids is 1. The van der Waals surface area contributed by atoms with Gasteiger partial charge in [0.15, 0.2) is 5.16 Å². The number of aryl methyl sites for hydroxylation is 2. The van der Waals surface area contributed by atoms with Gasteiger partial charge in [0.25, 0.3) is 5.56 Å². The van der Waals surface area contributed by atoms with Gasteiger partial charge in [-0.1, -0.05) is 42.4 Å². The van der Waals surface area contributed by atoms with E-state index in [2.05, 4.69) is 15.4 Å². The first-order valence-electron chi connectivity index (χ1n) is 10.0. The van der Waals surface area contributed by atoms with Crippen molar-refractivity contribution in [3.05, 3.63) is 51.0 Å². The number of aromatic nitrogens is 4. The predicted molar refractivity (Wildman–Crippen MR) is 121 cm³/mol. The quantitative estimate of drug-likeness (QED) is 0.400.